The van der Waals surface area contributed by atoms with Crippen molar-refractivity contribution in [3.05, 3.63) is 12.4 Å². The Bertz CT molecular complexity index is 398. The summed E-state index contributed by atoms with van der Waals surface area (Å²) in [5.74, 6) is 1.71. The van der Waals surface area contributed by atoms with Gasteiger partial charge in [0.15, 0.2) is 0 Å². The van der Waals surface area contributed by atoms with E-state index in [9.17, 15) is 0 Å². The van der Waals surface area contributed by atoms with E-state index >= 15 is 0 Å². The maximum absolute atomic E-state index is 4.48. The minimum Gasteiger partial charge on any atom is -0.355 e. The van der Waals surface area contributed by atoms with Crippen LogP contribution in [0.5, 0.6) is 0 Å². The van der Waals surface area contributed by atoms with Crippen LogP contribution in [0, 0.1) is 5.92 Å². The average molecular weight is 248 g/mol. The summed E-state index contributed by atoms with van der Waals surface area (Å²) >= 11 is 0. The fourth-order valence-corrected chi connectivity index (χ4v) is 3.39. The van der Waals surface area contributed by atoms with Crippen LogP contribution in [0.2, 0.25) is 0 Å². The number of hydrogen-bond donors (Lipinski definition) is 1. The number of nitrogens with zero attached hydrogens (tertiary/aromatic N) is 3. The SMILES string of the molecule is CC(C)CNc1nccn1C1CCN2CCCC12. The van der Waals surface area contributed by atoms with Crippen LogP contribution >= 0.6 is 0 Å². The molecule has 1 aromatic heterocycles. The lowest BCUT2D eigenvalue weighted by Gasteiger charge is -2.23. The molecule has 18 heavy (non-hydrogen) atoms. The number of fused-ring (bicyclic) bond motifs is 1. The standard InChI is InChI=1S/C14H24N4/c1-11(2)10-16-14-15-6-9-18(14)13-5-8-17-7-3-4-12(13)17/h6,9,11-13H,3-5,7-8,10H2,1-2H3,(H,15,16). The van der Waals surface area contributed by atoms with Crippen LogP contribution in [-0.4, -0.2) is 40.1 Å². The maximum Gasteiger partial charge on any atom is 0.203 e. The van der Waals surface area contributed by atoms with Crippen LogP contribution in [0.3, 0.4) is 0 Å². The fourth-order valence-electron chi connectivity index (χ4n) is 3.39. The Morgan fingerprint density at radius 3 is 3.06 bits per heavy atom. The Balaban J connectivity index is 1.74. The number of anilines is 1. The third-order valence-electron chi connectivity index (χ3n) is 4.26. The molecule has 0 aliphatic carbocycles. The summed E-state index contributed by atoms with van der Waals surface area (Å²) in [4.78, 5) is 7.13. The lowest BCUT2D eigenvalue weighted by Crippen LogP contribution is -2.28. The summed E-state index contributed by atoms with van der Waals surface area (Å²) in [6.07, 6.45) is 8.07. The highest BCUT2D eigenvalue weighted by Crippen LogP contribution is 2.37. The van der Waals surface area contributed by atoms with E-state index in [4.69, 9.17) is 0 Å². The quantitative estimate of drug-likeness (QED) is 0.888. The Morgan fingerprint density at radius 2 is 2.22 bits per heavy atom. The van der Waals surface area contributed by atoms with Crippen molar-refractivity contribution in [3.8, 4) is 0 Å². The van der Waals surface area contributed by atoms with Crippen LogP contribution in [-0.2, 0) is 0 Å². The van der Waals surface area contributed by atoms with E-state index in [1.54, 1.807) is 0 Å². The second kappa shape index (κ2) is 4.92. The van der Waals surface area contributed by atoms with E-state index in [0.29, 0.717) is 12.0 Å². The molecular weight excluding hydrogens is 224 g/mol. The molecule has 0 spiro atoms. The van der Waals surface area contributed by atoms with Gasteiger partial charge in [-0.25, -0.2) is 4.98 Å². The molecular formula is C14H24N4. The molecule has 1 N–H and O–H groups in total. The summed E-state index contributed by atoms with van der Waals surface area (Å²) < 4.78 is 2.37. The van der Waals surface area contributed by atoms with Gasteiger partial charge >= 0.3 is 0 Å². The lowest BCUT2D eigenvalue weighted by atomic mass is 10.1. The van der Waals surface area contributed by atoms with Crippen molar-refractivity contribution in [2.75, 3.05) is 25.0 Å². The molecule has 0 aromatic carbocycles. The first kappa shape index (κ1) is 12.0. The van der Waals surface area contributed by atoms with Gasteiger partial charge in [-0.3, -0.25) is 4.90 Å². The Hall–Kier alpha value is -1.03. The Labute approximate surface area is 109 Å². The number of imidazole rings is 1. The third-order valence-corrected chi connectivity index (χ3v) is 4.26. The average Bonchev–Trinajstić information content (AvgIpc) is 3.01. The molecule has 0 saturated carbocycles. The van der Waals surface area contributed by atoms with Gasteiger partial charge in [0, 0.05) is 31.5 Å². The molecule has 0 bridgehead atoms. The van der Waals surface area contributed by atoms with Crippen LogP contribution in [0.1, 0.15) is 39.2 Å². The van der Waals surface area contributed by atoms with Gasteiger partial charge in [-0.2, -0.15) is 0 Å². The number of aromatic nitrogens is 2. The van der Waals surface area contributed by atoms with Gasteiger partial charge in [0.2, 0.25) is 5.95 Å². The monoisotopic (exact) mass is 248 g/mol. The van der Waals surface area contributed by atoms with Gasteiger partial charge in [-0.15, -0.1) is 0 Å². The van der Waals surface area contributed by atoms with E-state index in [0.717, 1.165) is 18.5 Å². The summed E-state index contributed by atoms with van der Waals surface area (Å²) in [6, 6.07) is 1.38. The lowest BCUT2D eigenvalue weighted by molar-refractivity contribution is 0.291. The van der Waals surface area contributed by atoms with Crippen LogP contribution in [0.25, 0.3) is 0 Å². The molecule has 3 heterocycles. The molecule has 100 valence electrons. The van der Waals surface area contributed by atoms with Crippen molar-refractivity contribution in [2.24, 2.45) is 5.92 Å². The van der Waals surface area contributed by atoms with Crippen molar-refractivity contribution in [2.45, 2.75) is 45.2 Å². The van der Waals surface area contributed by atoms with E-state index < -0.39 is 0 Å². The topological polar surface area (TPSA) is 33.1 Å². The van der Waals surface area contributed by atoms with Gasteiger partial charge in [-0.1, -0.05) is 13.8 Å². The molecule has 0 radical (unpaired) electrons. The molecule has 2 fully saturated rings. The first-order valence-corrected chi connectivity index (χ1v) is 7.26. The van der Waals surface area contributed by atoms with Crippen LogP contribution < -0.4 is 5.32 Å². The molecule has 2 atom stereocenters. The molecule has 4 nitrogen and oxygen atoms in total. The number of nitrogens with one attached hydrogen (secondary N) is 1. The van der Waals surface area contributed by atoms with Crippen molar-refractivity contribution < 1.29 is 0 Å². The highest BCUT2D eigenvalue weighted by Gasteiger charge is 2.38. The smallest absolute Gasteiger partial charge is 0.203 e. The zero-order chi connectivity index (χ0) is 12.5. The fraction of sp³-hybridized carbons (Fsp3) is 0.786. The highest BCUT2D eigenvalue weighted by atomic mass is 15.3. The summed E-state index contributed by atoms with van der Waals surface area (Å²) in [6.45, 7) is 8.02. The minimum atomic E-state index is 0.629. The van der Waals surface area contributed by atoms with Gasteiger partial charge < -0.3 is 9.88 Å². The Morgan fingerprint density at radius 1 is 1.33 bits per heavy atom. The first-order valence-electron chi connectivity index (χ1n) is 7.26. The van der Waals surface area contributed by atoms with E-state index in [1.807, 2.05) is 6.20 Å². The minimum absolute atomic E-state index is 0.629. The van der Waals surface area contributed by atoms with E-state index in [2.05, 4.69) is 39.8 Å². The molecule has 2 unspecified atom stereocenters. The van der Waals surface area contributed by atoms with Gasteiger partial charge in [-0.05, 0) is 31.7 Å². The van der Waals surface area contributed by atoms with Crippen molar-refractivity contribution in [1.29, 1.82) is 0 Å². The molecule has 2 aliphatic rings. The van der Waals surface area contributed by atoms with E-state index in [-0.39, 0.29) is 0 Å². The zero-order valence-corrected chi connectivity index (χ0v) is 11.5. The van der Waals surface area contributed by atoms with Crippen LogP contribution in [0.4, 0.5) is 5.95 Å². The normalized spacial score (nSPS) is 27.9. The predicted octanol–water partition coefficient (Wildman–Crippen LogP) is 2.36. The molecule has 3 rings (SSSR count). The second-order valence-electron chi connectivity index (χ2n) is 6.03. The number of hydrogen-bond acceptors (Lipinski definition) is 3. The van der Waals surface area contributed by atoms with Crippen molar-refractivity contribution in [1.82, 2.24) is 14.5 Å². The summed E-state index contributed by atoms with van der Waals surface area (Å²) in [7, 11) is 0. The Kier molecular flexibility index (Phi) is 3.29. The first-order chi connectivity index (χ1) is 8.75. The zero-order valence-electron chi connectivity index (χ0n) is 11.5. The summed E-state index contributed by atoms with van der Waals surface area (Å²) in [5, 5.41) is 3.48. The molecule has 0 amide bonds. The predicted molar refractivity (Wildman–Crippen MR) is 73.8 cm³/mol. The molecule has 2 aliphatic heterocycles. The third kappa shape index (κ3) is 2.14. The van der Waals surface area contributed by atoms with Crippen molar-refractivity contribution >= 4 is 5.95 Å². The van der Waals surface area contributed by atoms with Crippen LogP contribution in [0.15, 0.2) is 12.4 Å². The van der Waals surface area contributed by atoms with E-state index in [1.165, 1.54) is 32.4 Å². The van der Waals surface area contributed by atoms with Gasteiger partial charge in [0.1, 0.15) is 0 Å². The summed E-state index contributed by atoms with van der Waals surface area (Å²) in [5.41, 5.74) is 0. The maximum atomic E-state index is 4.48. The van der Waals surface area contributed by atoms with Gasteiger partial charge in [0.25, 0.3) is 0 Å². The van der Waals surface area contributed by atoms with Gasteiger partial charge in [0.05, 0.1) is 6.04 Å². The number of rotatable bonds is 4. The second-order valence-corrected chi connectivity index (χ2v) is 6.03. The van der Waals surface area contributed by atoms with Crippen molar-refractivity contribution in [3.63, 3.8) is 0 Å². The largest absolute Gasteiger partial charge is 0.355 e. The molecule has 2 saturated heterocycles. The molecule has 4 heteroatoms. The highest BCUT2D eigenvalue weighted by molar-refractivity contribution is 5.27. The molecule has 1 aromatic rings.